The quantitative estimate of drug-likeness (QED) is 0.654. The minimum Gasteiger partial charge on any atom is -0.492 e. The first kappa shape index (κ1) is 18.4. The summed E-state index contributed by atoms with van der Waals surface area (Å²) in [5.74, 6) is 0.168. The van der Waals surface area contributed by atoms with Crippen LogP contribution in [0.15, 0.2) is 50.2 Å². The zero-order valence-corrected chi connectivity index (χ0v) is 16.1. The minimum atomic E-state index is -3.79. The lowest BCUT2D eigenvalue weighted by molar-refractivity contribution is 0.320. The van der Waals surface area contributed by atoms with Crippen LogP contribution >= 0.6 is 31.9 Å². The van der Waals surface area contributed by atoms with E-state index in [2.05, 4.69) is 36.6 Å². The Hall–Kier alpha value is -0.960. The van der Waals surface area contributed by atoms with E-state index >= 15 is 0 Å². The normalized spacial score (nSPS) is 11.5. The van der Waals surface area contributed by atoms with Gasteiger partial charge in [0.2, 0.25) is 10.0 Å². The second-order valence-corrected chi connectivity index (χ2v) is 8.12. The number of hydrogen-bond donors (Lipinski definition) is 1. The van der Waals surface area contributed by atoms with Gasteiger partial charge in [0, 0.05) is 15.5 Å². The third kappa shape index (κ3) is 4.76. The summed E-state index contributed by atoms with van der Waals surface area (Å²) in [6.07, 6.45) is 0. The summed E-state index contributed by atoms with van der Waals surface area (Å²) in [6, 6.07) is 9.67. The average Bonchev–Trinajstić information content (AvgIpc) is 2.43. The van der Waals surface area contributed by atoms with E-state index < -0.39 is 15.8 Å². The van der Waals surface area contributed by atoms with Crippen LogP contribution in [0.2, 0.25) is 0 Å². The largest absolute Gasteiger partial charge is 0.492 e. The van der Waals surface area contributed by atoms with Crippen LogP contribution in [0.5, 0.6) is 5.75 Å². The van der Waals surface area contributed by atoms with Crippen molar-refractivity contribution in [3.05, 3.63) is 56.7 Å². The zero-order valence-electron chi connectivity index (χ0n) is 12.1. The van der Waals surface area contributed by atoms with E-state index in [1.807, 2.05) is 31.2 Å². The van der Waals surface area contributed by atoms with Gasteiger partial charge in [0.1, 0.15) is 23.1 Å². The standard InChI is InChI=1S/C15H14Br2FNO3S/c1-10-4-2-3-5-14(10)22-7-6-19-23(20,21)15-12(16)8-11(18)9-13(15)17/h2-5,8-9,19H,6-7H2,1H3. The molecule has 0 radical (unpaired) electrons. The maximum Gasteiger partial charge on any atom is 0.242 e. The van der Waals surface area contributed by atoms with Gasteiger partial charge in [-0.2, -0.15) is 0 Å². The van der Waals surface area contributed by atoms with Crippen LogP contribution in [-0.2, 0) is 10.0 Å². The molecule has 0 spiro atoms. The van der Waals surface area contributed by atoms with E-state index in [9.17, 15) is 12.8 Å². The van der Waals surface area contributed by atoms with Crippen molar-refractivity contribution < 1.29 is 17.5 Å². The molecule has 2 aromatic rings. The van der Waals surface area contributed by atoms with Crippen molar-refractivity contribution in [1.82, 2.24) is 4.72 Å². The van der Waals surface area contributed by atoms with Crippen molar-refractivity contribution >= 4 is 41.9 Å². The number of ether oxygens (including phenoxy) is 1. The monoisotopic (exact) mass is 465 g/mol. The number of nitrogens with one attached hydrogen (secondary N) is 1. The molecule has 0 fully saturated rings. The summed E-state index contributed by atoms with van der Waals surface area (Å²) >= 11 is 6.14. The Morgan fingerprint density at radius 2 is 1.78 bits per heavy atom. The summed E-state index contributed by atoms with van der Waals surface area (Å²) in [6.45, 7) is 2.18. The molecule has 0 bridgehead atoms. The van der Waals surface area contributed by atoms with Gasteiger partial charge in [0.15, 0.2) is 0 Å². The first-order valence-electron chi connectivity index (χ1n) is 6.64. The summed E-state index contributed by atoms with van der Waals surface area (Å²) in [5.41, 5.74) is 0.972. The number of rotatable bonds is 6. The molecule has 124 valence electrons. The number of benzene rings is 2. The van der Waals surface area contributed by atoms with Gasteiger partial charge in [-0.25, -0.2) is 17.5 Å². The highest BCUT2D eigenvalue weighted by Gasteiger charge is 2.21. The van der Waals surface area contributed by atoms with Gasteiger partial charge in [-0.05, 0) is 62.5 Å². The molecule has 0 aliphatic heterocycles. The van der Waals surface area contributed by atoms with Crippen LogP contribution in [0, 0.1) is 12.7 Å². The summed E-state index contributed by atoms with van der Waals surface area (Å²) in [5, 5.41) is 0. The number of halogens is 3. The predicted molar refractivity (Wildman–Crippen MR) is 93.7 cm³/mol. The molecule has 0 aromatic heterocycles. The molecular weight excluding hydrogens is 453 g/mol. The van der Waals surface area contributed by atoms with Crippen molar-refractivity contribution in [3.8, 4) is 5.75 Å². The van der Waals surface area contributed by atoms with Crippen LogP contribution in [-0.4, -0.2) is 21.6 Å². The third-order valence-corrected chi connectivity index (χ3v) is 6.31. The summed E-state index contributed by atoms with van der Waals surface area (Å²) in [4.78, 5) is -0.0465. The van der Waals surface area contributed by atoms with Crippen molar-refractivity contribution in [2.24, 2.45) is 0 Å². The van der Waals surface area contributed by atoms with E-state index in [1.54, 1.807) is 0 Å². The topological polar surface area (TPSA) is 55.4 Å². The van der Waals surface area contributed by atoms with E-state index in [0.29, 0.717) is 5.75 Å². The highest BCUT2D eigenvalue weighted by Crippen LogP contribution is 2.30. The van der Waals surface area contributed by atoms with Gasteiger partial charge >= 0.3 is 0 Å². The molecule has 2 aromatic carbocycles. The number of sulfonamides is 1. The smallest absolute Gasteiger partial charge is 0.242 e. The van der Waals surface area contributed by atoms with Gasteiger partial charge < -0.3 is 4.74 Å². The van der Waals surface area contributed by atoms with Gasteiger partial charge in [-0.1, -0.05) is 18.2 Å². The first-order chi connectivity index (χ1) is 10.8. The maximum atomic E-state index is 13.2. The van der Waals surface area contributed by atoms with Crippen LogP contribution in [0.4, 0.5) is 4.39 Å². The summed E-state index contributed by atoms with van der Waals surface area (Å²) < 4.78 is 46.1. The van der Waals surface area contributed by atoms with Crippen molar-refractivity contribution in [1.29, 1.82) is 0 Å². The number of para-hydroxylation sites is 1. The molecule has 4 nitrogen and oxygen atoms in total. The molecule has 0 saturated heterocycles. The van der Waals surface area contributed by atoms with Gasteiger partial charge in [-0.3, -0.25) is 0 Å². The van der Waals surface area contributed by atoms with Crippen molar-refractivity contribution in [3.63, 3.8) is 0 Å². The molecule has 0 atom stereocenters. The molecule has 23 heavy (non-hydrogen) atoms. The molecule has 0 aliphatic carbocycles. The van der Waals surface area contributed by atoms with Gasteiger partial charge in [0.05, 0.1) is 0 Å². The average molecular weight is 467 g/mol. The SMILES string of the molecule is Cc1ccccc1OCCNS(=O)(=O)c1c(Br)cc(F)cc1Br. The fourth-order valence-corrected chi connectivity index (χ4v) is 5.45. The van der Waals surface area contributed by atoms with Crippen molar-refractivity contribution in [2.45, 2.75) is 11.8 Å². The lowest BCUT2D eigenvalue weighted by Crippen LogP contribution is -2.29. The Bertz CT molecular complexity index is 789. The Morgan fingerprint density at radius 3 is 2.39 bits per heavy atom. The Balaban J connectivity index is 2.02. The van der Waals surface area contributed by atoms with E-state index in [0.717, 1.165) is 17.7 Å². The second kappa shape index (κ2) is 7.74. The van der Waals surface area contributed by atoms with E-state index in [-0.39, 0.29) is 27.0 Å². The molecule has 0 aliphatic rings. The second-order valence-electron chi connectivity index (χ2n) is 4.71. The fourth-order valence-electron chi connectivity index (χ4n) is 1.91. The van der Waals surface area contributed by atoms with E-state index in [1.165, 1.54) is 0 Å². The molecule has 2 rings (SSSR count). The summed E-state index contributed by atoms with van der Waals surface area (Å²) in [7, 11) is -3.79. The van der Waals surface area contributed by atoms with Crippen LogP contribution in [0.25, 0.3) is 0 Å². The van der Waals surface area contributed by atoms with Crippen molar-refractivity contribution in [2.75, 3.05) is 13.2 Å². The molecule has 0 amide bonds. The zero-order chi connectivity index (χ0) is 17.0. The molecule has 0 unspecified atom stereocenters. The number of hydrogen-bond acceptors (Lipinski definition) is 3. The lowest BCUT2D eigenvalue weighted by Gasteiger charge is -2.12. The molecule has 0 heterocycles. The molecule has 1 N–H and O–H groups in total. The molecule has 0 saturated carbocycles. The minimum absolute atomic E-state index is 0.0465. The molecular formula is C15H14Br2FNO3S. The van der Waals surface area contributed by atoms with Crippen LogP contribution < -0.4 is 9.46 Å². The van der Waals surface area contributed by atoms with Crippen LogP contribution in [0.1, 0.15) is 5.56 Å². The third-order valence-electron chi connectivity index (χ3n) is 2.98. The number of aryl methyl sites for hydroxylation is 1. The predicted octanol–water partition coefficient (Wildman–Crippen LogP) is 4.02. The van der Waals surface area contributed by atoms with Gasteiger partial charge in [-0.15, -0.1) is 0 Å². The Kier molecular flexibility index (Phi) is 6.19. The Labute approximate surface area is 151 Å². The maximum absolute atomic E-state index is 13.2. The highest BCUT2D eigenvalue weighted by molar-refractivity contribution is 9.11. The lowest BCUT2D eigenvalue weighted by atomic mass is 10.2. The van der Waals surface area contributed by atoms with Crippen LogP contribution in [0.3, 0.4) is 0 Å². The first-order valence-corrected chi connectivity index (χ1v) is 9.71. The van der Waals surface area contributed by atoms with Gasteiger partial charge in [0.25, 0.3) is 0 Å². The highest BCUT2D eigenvalue weighted by atomic mass is 79.9. The Morgan fingerprint density at radius 1 is 1.17 bits per heavy atom. The fraction of sp³-hybridized carbons (Fsp3) is 0.200. The molecule has 8 heteroatoms. The van der Waals surface area contributed by atoms with E-state index in [4.69, 9.17) is 4.74 Å².